The second kappa shape index (κ2) is 14.6. The normalized spacial score (nSPS) is 16.0. The first-order valence-electron chi connectivity index (χ1n) is 9.73. The summed E-state index contributed by atoms with van der Waals surface area (Å²) in [5, 5.41) is 7.60. The van der Waals surface area contributed by atoms with Gasteiger partial charge in [-0.2, -0.15) is 0 Å². The maximum Gasteiger partial charge on any atom is 0.330 e. The van der Waals surface area contributed by atoms with Crippen molar-refractivity contribution in [3.8, 4) is 5.75 Å². The highest BCUT2D eigenvalue weighted by molar-refractivity contribution is 6.55. The van der Waals surface area contributed by atoms with E-state index in [0.29, 0.717) is 12.8 Å². The van der Waals surface area contributed by atoms with Crippen LogP contribution >= 0.6 is 69.9 Å². The van der Waals surface area contributed by atoms with Crippen LogP contribution < -0.4 is 20.7 Å². The molecule has 1 aromatic carbocycles. The lowest BCUT2D eigenvalue weighted by Gasteiger charge is -2.22. The molecule has 1 heterocycles. The standard InChI is InChI=1S/C19H22Cl5N3O4.ClHO/c1-8(2)6-10(27-19(30)9-4-3-5-25-9)18(29)26-7-11(28)31-17-15(23)13(21)12(20)14(22)16(17)24;1-2/h8-10,25H,3-7H2,1-2H3,(H,26,29)(H,27,30);2H/t9-,10-;/m0./s1. The van der Waals surface area contributed by atoms with Crippen molar-refractivity contribution in [1.29, 1.82) is 0 Å². The van der Waals surface area contributed by atoms with Crippen molar-refractivity contribution in [3.05, 3.63) is 25.1 Å². The van der Waals surface area contributed by atoms with Crippen LogP contribution in [0.25, 0.3) is 0 Å². The van der Waals surface area contributed by atoms with Crippen LogP contribution in [0.5, 0.6) is 5.75 Å². The van der Waals surface area contributed by atoms with Gasteiger partial charge in [-0.25, -0.2) is 4.79 Å². The van der Waals surface area contributed by atoms with Crippen molar-refractivity contribution in [3.63, 3.8) is 0 Å². The third kappa shape index (κ3) is 8.78. The van der Waals surface area contributed by atoms with Crippen molar-refractivity contribution in [2.75, 3.05) is 13.1 Å². The number of amides is 2. The van der Waals surface area contributed by atoms with E-state index in [9.17, 15) is 14.4 Å². The molecule has 1 aliphatic rings. The van der Waals surface area contributed by atoms with Gasteiger partial charge < -0.3 is 20.7 Å². The Morgan fingerprint density at radius 3 is 2.06 bits per heavy atom. The van der Waals surface area contributed by atoms with Gasteiger partial charge in [-0.3, -0.25) is 14.2 Å². The average Bonchev–Trinajstić information content (AvgIpc) is 3.33. The van der Waals surface area contributed by atoms with Crippen LogP contribution in [-0.4, -0.2) is 47.6 Å². The molecular formula is C19H23Cl6N3O5. The fraction of sp³-hybridized carbons (Fsp3) is 0.526. The molecule has 2 rings (SSSR count). The van der Waals surface area contributed by atoms with Gasteiger partial charge in [0.15, 0.2) is 5.75 Å². The maximum absolute atomic E-state index is 12.6. The Balaban J connectivity index is 0.00000265. The number of hydrogen-bond donors (Lipinski definition) is 4. The summed E-state index contributed by atoms with van der Waals surface area (Å²) >= 11 is 33.5. The first-order chi connectivity index (χ1) is 15.5. The van der Waals surface area contributed by atoms with E-state index in [1.165, 1.54) is 0 Å². The number of carbonyl (C=O) groups excluding carboxylic acids is 3. The zero-order valence-corrected chi connectivity index (χ0v) is 22.2. The summed E-state index contributed by atoms with van der Waals surface area (Å²) in [4.78, 5) is 37.2. The highest BCUT2D eigenvalue weighted by Gasteiger charge is 2.28. The van der Waals surface area contributed by atoms with Crippen LogP contribution in [0.1, 0.15) is 33.1 Å². The zero-order valence-electron chi connectivity index (χ0n) is 17.6. The molecule has 0 unspecified atom stereocenters. The van der Waals surface area contributed by atoms with E-state index < -0.39 is 24.5 Å². The molecular weight excluding hydrogens is 563 g/mol. The number of nitrogens with one attached hydrogen (secondary N) is 3. The summed E-state index contributed by atoms with van der Waals surface area (Å²) in [5.74, 6) is -1.75. The summed E-state index contributed by atoms with van der Waals surface area (Å²) in [6.45, 7) is 4.11. The quantitative estimate of drug-likeness (QED) is 0.156. The molecule has 1 fully saturated rings. The minimum Gasteiger partial charge on any atom is -0.422 e. The van der Waals surface area contributed by atoms with Crippen LogP contribution in [-0.2, 0) is 14.4 Å². The maximum atomic E-state index is 12.6. The largest absolute Gasteiger partial charge is 0.422 e. The van der Waals surface area contributed by atoms with Crippen LogP contribution in [0.3, 0.4) is 0 Å². The second-order valence-corrected chi connectivity index (χ2v) is 9.32. The van der Waals surface area contributed by atoms with Gasteiger partial charge in [0.05, 0.1) is 33.0 Å². The Labute approximate surface area is 221 Å². The molecule has 0 radical (unpaired) electrons. The minimum atomic E-state index is -0.862. The van der Waals surface area contributed by atoms with Crippen molar-refractivity contribution < 1.29 is 23.8 Å². The van der Waals surface area contributed by atoms with Gasteiger partial charge in [0.1, 0.15) is 22.6 Å². The van der Waals surface area contributed by atoms with E-state index in [2.05, 4.69) is 27.8 Å². The summed E-state index contributed by atoms with van der Waals surface area (Å²) in [6.07, 6.45) is 2.01. The van der Waals surface area contributed by atoms with E-state index in [-0.39, 0.29) is 48.7 Å². The molecule has 186 valence electrons. The van der Waals surface area contributed by atoms with E-state index in [1.54, 1.807) is 0 Å². The predicted octanol–water partition coefficient (Wildman–Crippen LogP) is 4.39. The summed E-state index contributed by atoms with van der Waals surface area (Å²) in [7, 11) is 0. The number of ether oxygens (including phenoxy) is 1. The van der Waals surface area contributed by atoms with E-state index in [0.717, 1.165) is 13.0 Å². The van der Waals surface area contributed by atoms with Crippen molar-refractivity contribution in [1.82, 2.24) is 16.0 Å². The molecule has 2 atom stereocenters. The Kier molecular flexibility index (Phi) is 13.4. The highest BCUT2D eigenvalue weighted by Crippen LogP contribution is 2.48. The van der Waals surface area contributed by atoms with Crippen molar-refractivity contribution in [2.45, 2.75) is 45.2 Å². The Hall–Kier alpha value is -0.710. The number of carbonyl (C=O) groups is 3. The summed E-state index contributed by atoms with van der Waals surface area (Å²) in [6, 6.07) is -1.12. The molecule has 0 bridgehead atoms. The number of rotatable bonds is 8. The molecule has 0 aliphatic carbocycles. The van der Waals surface area contributed by atoms with Crippen LogP contribution in [0.4, 0.5) is 0 Å². The van der Waals surface area contributed by atoms with Gasteiger partial charge in [-0.1, -0.05) is 71.9 Å². The third-order valence-electron chi connectivity index (χ3n) is 4.51. The number of benzene rings is 1. The number of hydrogen-bond acceptors (Lipinski definition) is 6. The predicted molar refractivity (Wildman–Crippen MR) is 131 cm³/mol. The molecule has 1 saturated heterocycles. The zero-order chi connectivity index (χ0) is 25.3. The monoisotopic (exact) mass is 583 g/mol. The van der Waals surface area contributed by atoms with E-state index >= 15 is 0 Å². The minimum absolute atomic E-state index is 0.0737. The molecule has 14 heteroatoms. The van der Waals surface area contributed by atoms with Crippen molar-refractivity contribution >= 4 is 87.7 Å². The van der Waals surface area contributed by atoms with Gasteiger partial charge in [0.25, 0.3) is 0 Å². The molecule has 0 saturated carbocycles. The molecule has 33 heavy (non-hydrogen) atoms. The molecule has 1 aliphatic heterocycles. The van der Waals surface area contributed by atoms with Gasteiger partial charge >= 0.3 is 5.97 Å². The van der Waals surface area contributed by atoms with Crippen LogP contribution in [0.15, 0.2) is 0 Å². The Morgan fingerprint density at radius 1 is 1.03 bits per heavy atom. The molecule has 0 aromatic heterocycles. The van der Waals surface area contributed by atoms with E-state index in [1.807, 2.05) is 13.8 Å². The molecule has 4 N–H and O–H groups in total. The fourth-order valence-electron chi connectivity index (χ4n) is 2.99. The Morgan fingerprint density at radius 2 is 1.58 bits per heavy atom. The number of halogens is 6. The van der Waals surface area contributed by atoms with E-state index in [4.69, 9.17) is 67.4 Å². The molecule has 1 aromatic rings. The molecule has 2 amide bonds. The van der Waals surface area contributed by atoms with Crippen LogP contribution in [0, 0.1) is 5.92 Å². The van der Waals surface area contributed by atoms with Gasteiger partial charge in [-0.15, -0.1) is 0 Å². The molecule has 0 spiro atoms. The van der Waals surface area contributed by atoms with Gasteiger partial charge in [0.2, 0.25) is 11.8 Å². The van der Waals surface area contributed by atoms with Crippen molar-refractivity contribution in [2.24, 2.45) is 5.92 Å². The lowest BCUT2D eigenvalue weighted by molar-refractivity contribution is -0.136. The average molecular weight is 586 g/mol. The van der Waals surface area contributed by atoms with Gasteiger partial charge in [0, 0.05) is 0 Å². The SMILES string of the molecule is CC(C)C[C@H](NC(=O)[C@@H]1CCCN1)C(=O)NCC(=O)Oc1c(Cl)c(Cl)c(Cl)c(Cl)c1Cl.OCl. The first-order valence-corrected chi connectivity index (χ1v) is 12.0. The summed E-state index contributed by atoms with van der Waals surface area (Å²) in [5.41, 5.74) is 0. The fourth-order valence-corrected chi connectivity index (χ4v) is 4.19. The Bertz CT molecular complexity index is 836. The smallest absolute Gasteiger partial charge is 0.330 e. The highest BCUT2D eigenvalue weighted by atomic mass is 35.5. The third-order valence-corrected chi connectivity index (χ3v) is 6.75. The van der Waals surface area contributed by atoms with Crippen LogP contribution in [0.2, 0.25) is 25.1 Å². The number of esters is 1. The van der Waals surface area contributed by atoms with Gasteiger partial charge in [-0.05, 0) is 31.7 Å². The molecule has 8 nitrogen and oxygen atoms in total. The summed E-state index contributed by atoms with van der Waals surface area (Å²) < 4.78 is 11.6. The topological polar surface area (TPSA) is 117 Å². The first kappa shape index (κ1) is 30.3. The lowest BCUT2D eigenvalue weighted by atomic mass is 10.0. The second-order valence-electron chi connectivity index (χ2n) is 7.43. The lowest BCUT2D eigenvalue weighted by Crippen LogP contribution is -2.52.